The van der Waals surface area contributed by atoms with Crippen LogP contribution in [0.3, 0.4) is 0 Å². The van der Waals surface area contributed by atoms with E-state index < -0.39 is 0 Å². The Bertz CT molecular complexity index is 995. The summed E-state index contributed by atoms with van der Waals surface area (Å²) in [5, 5.41) is 2.71. The molecule has 0 spiro atoms. The van der Waals surface area contributed by atoms with Gasteiger partial charge in [-0.15, -0.1) is 0 Å². The third-order valence-electron chi connectivity index (χ3n) is 5.67. The predicted octanol–water partition coefficient (Wildman–Crippen LogP) is 2.36. The number of amides is 3. The number of hydrogen-bond acceptors (Lipinski definition) is 6. The molecular formula is C24H30N4O5. The third-order valence-corrected chi connectivity index (χ3v) is 5.67. The fourth-order valence-corrected chi connectivity index (χ4v) is 3.83. The number of aromatic nitrogens is 1. The van der Waals surface area contributed by atoms with Gasteiger partial charge in [-0.2, -0.15) is 0 Å². The van der Waals surface area contributed by atoms with E-state index in [0.29, 0.717) is 48.8 Å². The van der Waals surface area contributed by atoms with Gasteiger partial charge in [-0.3, -0.25) is 14.4 Å². The zero-order chi connectivity index (χ0) is 24.0. The first-order valence-corrected chi connectivity index (χ1v) is 10.8. The van der Waals surface area contributed by atoms with Crippen molar-refractivity contribution >= 4 is 23.5 Å². The van der Waals surface area contributed by atoms with Crippen LogP contribution in [0, 0.1) is 12.8 Å². The summed E-state index contributed by atoms with van der Waals surface area (Å²) in [5.41, 5.74) is 1.47. The maximum absolute atomic E-state index is 13.0. The van der Waals surface area contributed by atoms with Gasteiger partial charge in [0.1, 0.15) is 17.3 Å². The second kappa shape index (κ2) is 10.8. The van der Waals surface area contributed by atoms with Crippen molar-refractivity contribution in [2.75, 3.05) is 46.2 Å². The van der Waals surface area contributed by atoms with Crippen LogP contribution in [0.5, 0.6) is 11.5 Å². The Morgan fingerprint density at radius 1 is 1.09 bits per heavy atom. The lowest BCUT2D eigenvalue weighted by Crippen LogP contribution is -2.45. The van der Waals surface area contributed by atoms with Crippen molar-refractivity contribution in [2.24, 2.45) is 5.92 Å². The molecule has 3 rings (SSSR count). The number of rotatable bonds is 7. The Morgan fingerprint density at radius 3 is 2.30 bits per heavy atom. The molecule has 9 nitrogen and oxygen atoms in total. The first-order chi connectivity index (χ1) is 15.8. The molecule has 0 bridgehead atoms. The average molecular weight is 455 g/mol. The monoisotopic (exact) mass is 454 g/mol. The molecule has 3 amide bonds. The molecule has 1 aromatic heterocycles. The summed E-state index contributed by atoms with van der Waals surface area (Å²) in [6.45, 7) is 2.77. The zero-order valence-corrected chi connectivity index (χ0v) is 19.5. The highest BCUT2D eigenvalue weighted by atomic mass is 16.5. The number of pyridine rings is 1. The fraction of sp³-hybridized carbons (Fsp3) is 0.417. The lowest BCUT2D eigenvalue weighted by Gasteiger charge is -2.33. The van der Waals surface area contributed by atoms with Crippen LogP contribution in [-0.4, -0.2) is 73.4 Å². The first kappa shape index (κ1) is 24.0. The summed E-state index contributed by atoms with van der Waals surface area (Å²) in [5.74, 6) is 0.787. The van der Waals surface area contributed by atoms with E-state index in [4.69, 9.17) is 9.47 Å². The number of piperidine rings is 1. The van der Waals surface area contributed by atoms with Crippen LogP contribution in [0.15, 0.2) is 36.5 Å². The van der Waals surface area contributed by atoms with E-state index in [-0.39, 0.29) is 30.2 Å². The van der Waals surface area contributed by atoms with Crippen LogP contribution in [0.1, 0.15) is 28.8 Å². The third kappa shape index (κ3) is 6.21. The number of carbonyl (C=O) groups excluding carboxylic acids is 3. The number of likely N-dealkylation sites (tertiary alicyclic amines) is 1. The molecule has 0 aliphatic carbocycles. The number of hydrogen-bond donors (Lipinski definition) is 1. The number of benzene rings is 1. The Labute approximate surface area is 193 Å². The first-order valence-electron chi connectivity index (χ1n) is 10.8. The van der Waals surface area contributed by atoms with Crippen LogP contribution >= 0.6 is 0 Å². The topological polar surface area (TPSA) is 101 Å². The highest BCUT2D eigenvalue weighted by Gasteiger charge is 2.30. The number of nitrogens with one attached hydrogen (secondary N) is 1. The average Bonchev–Trinajstić information content (AvgIpc) is 2.82. The minimum atomic E-state index is -0.302. The predicted molar refractivity (Wildman–Crippen MR) is 123 cm³/mol. The van der Waals surface area contributed by atoms with E-state index in [0.717, 1.165) is 5.56 Å². The van der Waals surface area contributed by atoms with Crippen molar-refractivity contribution in [1.82, 2.24) is 14.8 Å². The van der Waals surface area contributed by atoms with Crippen LogP contribution in [0.2, 0.25) is 0 Å². The van der Waals surface area contributed by atoms with Crippen LogP contribution in [-0.2, 0) is 9.59 Å². The number of methoxy groups -OCH3 is 2. The molecule has 9 heteroatoms. The summed E-state index contributed by atoms with van der Waals surface area (Å²) >= 11 is 0. The maximum atomic E-state index is 13.0. The van der Waals surface area contributed by atoms with Gasteiger partial charge in [0.05, 0.1) is 20.8 Å². The molecule has 0 atom stereocenters. The van der Waals surface area contributed by atoms with Crippen molar-refractivity contribution < 1.29 is 23.9 Å². The molecule has 33 heavy (non-hydrogen) atoms. The van der Waals surface area contributed by atoms with E-state index >= 15 is 0 Å². The van der Waals surface area contributed by atoms with Crippen LogP contribution in [0.4, 0.5) is 5.82 Å². The molecule has 1 saturated heterocycles. The van der Waals surface area contributed by atoms with E-state index in [2.05, 4.69) is 10.3 Å². The maximum Gasteiger partial charge on any atom is 0.254 e. The Kier molecular flexibility index (Phi) is 7.87. The normalized spacial score (nSPS) is 13.9. The molecule has 1 aliphatic heterocycles. The van der Waals surface area contributed by atoms with Gasteiger partial charge in [0.15, 0.2) is 0 Å². The molecule has 0 saturated carbocycles. The van der Waals surface area contributed by atoms with Gasteiger partial charge in [0, 0.05) is 43.9 Å². The van der Waals surface area contributed by atoms with Crippen molar-refractivity contribution in [1.29, 1.82) is 0 Å². The van der Waals surface area contributed by atoms with E-state index in [1.165, 1.54) is 19.1 Å². The SMILES string of the molecule is COc1cc(OC)cc(C(=O)N2CCC(C(=O)N(C)CC(=O)Nc3cc(C)ccn3)CC2)c1. The summed E-state index contributed by atoms with van der Waals surface area (Å²) in [4.78, 5) is 45.4. The van der Waals surface area contributed by atoms with Crippen LogP contribution in [0.25, 0.3) is 0 Å². The number of carbonyl (C=O) groups is 3. The smallest absolute Gasteiger partial charge is 0.254 e. The highest BCUT2D eigenvalue weighted by Crippen LogP contribution is 2.26. The number of nitrogens with zero attached hydrogens (tertiary/aromatic N) is 3. The molecule has 1 aliphatic rings. The Balaban J connectivity index is 1.53. The fourth-order valence-electron chi connectivity index (χ4n) is 3.83. The van der Waals surface area contributed by atoms with E-state index in [1.807, 2.05) is 13.0 Å². The molecule has 2 aromatic rings. The zero-order valence-electron chi connectivity index (χ0n) is 19.5. The Morgan fingerprint density at radius 2 is 1.73 bits per heavy atom. The van der Waals surface area contributed by atoms with E-state index in [1.54, 1.807) is 42.4 Å². The van der Waals surface area contributed by atoms with Crippen molar-refractivity contribution in [3.8, 4) is 11.5 Å². The lowest BCUT2D eigenvalue weighted by atomic mass is 9.95. The van der Waals surface area contributed by atoms with Gasteiger partial charge in [0.2, 0.25) is 11.8 Å². The molecule has 0 radical (unpaired) electrons. The largest absolute Gasteiger partial charge is 0.497 e. The van der Waals surface area contributed by atoms with Crippen molar-refractivity contribution in [3.63, 3.8) is 0 Å². The molecule has 1 N–H and O–H groups in total. The standard InChI is InChI=1S/C24H30N4O5/c1-16-5-8-25-21(11-16)26-22(29)15-27(2)23(30)17-6-9-28(10-7-17)24(31)18-12-19(32-3)14-20(13-18)33-4/h5,8,11-14,17H,6-7,9-10,15H2,1-4H3,(H,25,26,29). The number of ether oxygens (including phenoxy) is 2. The van der Waals surface area contributed by atoms with Crippen molar-refractivity contribution in [2.45, 2.75) is 19.8 Å². The van der Waals surface area contributed by atoms with Gasteiger partial charge >= 0.3 is 0 Å². The van der Waals surface area contributed by atoms with Gasteiger partial charge in [-0.05, 0) is 49.6 Å². The van der Waals surface area contributed by atoms with Crippen molar-refractivity contribution in [3.05, 3.63) is 47.7 Å². The molecule has 1 aromatic carbocycles. The van der Waals surface area contributed by atoms with Gasteiger partial charge in [0.25, 0.3) is 5.91 Å². The molecule has 0 unspecified atom stereocenters. The molecule has 1 fully saturated rings. The number of anilines is 1. The second-order valence-electron chi connectivity index (χ2n) is 8.13. The van der Waals surface area contributed by atoms with Gasteiger partial charge in [-0.1, -0.05) is 0 Å². The minimum absolute atomic E-state index is 0.0583. The summed E-state index contributed by atoms with van der Waals surface area (Å²) in [7, 11) is 4.69. The number of likely N-dealkylation sites (N-methyl/N-ethyl adjacent to an activating group) is 1. The molecule has 176 valence electrons. The molecule has 2 heterocycles. The highest BCUT2D eigenvalue weighted by molar-refractivity contribution is 5.96. The summed E-state index contributed by atoms with van der Waals surface area (Å²) in [6.07, 6.45) is 2.70. The van der Waals surface area contributed by atoms with Gasteiger partial charge < -0.3 is 24.6 Å². The Hall–Kier alpha value is -3.62. The summed E-state index contributed by atoms with van der Waals surface area (Å²) < 4.78 is 10.5. The molecular weight excluding hydrogens is 424 g/mol. The van der Waals surface area contributed by atoms with Gasteiger partial charge in [-0.25, -0.2) is 4.98 Å². The van der Waals surface area contributed by atoms with E-state index in [9.17, 15) is 14.4 Å². The van der Waals surface area contributed by atoms with Crippen LogP contribution < -0.4 is 14.8 Å². The minimum Gasteiger partial charge on any atom is -0.497 e. The summed E-state index contributed by atoms with van der Waals surface area (Å²) in [6, 6.07) is 8.68. The lowest BCUT2D eigenvalue weighted by molar-refractivity contribution is -0.138. The second-order valence-corrected chi connectivity index (χ2v) is 8.13. The number of aryl methyl sites for hydroxylation is 1. The quantitative estimate of drug-likeness (QED) is 0.689.